The van der Waals surface area contributed by atoms with Gasteiger partial charge in [0, 0.05) is 17.1 Å². The van der Waals surface area contributed by atoms with Gasteiger partial charge < -0.3 is 25.0 Å². The van der Waals surface area contributed by atoms with Crippen LogP contribution >= 0.6 is 11.6 Å². The Kier molecular flexibility index (Phi) is 5.98. The van der Waals surface area contributed by atoms with E-state index >= 15 is 0 Å². The molecule has 0 aliphatic carbocycles. The molecule has 1 aliphatic heterocycles. The van der Waals surface area contributed by atoms with Gasteiger partial charge in [0.25, 0.3) is 11.7 Å². The molecular weight excluding hydrogens is 414 g/mol. The van der Waals surface area contributed by atoms with Crippen molar-refractivity contribution in [2.75, 3.05) is 13.7 Å². The predicted octanol–water partition coefficient (Wildman–Crippen LogP) is 2.95. The first-order valence-corrected chi connectivity index (χ1v) is 9.25. The van der Waals surface area contributed by atoms with Gasteiger partial charge in [0.15, 0.2) is 11.5 Å². The van der Waals surface area contributed by atoms with E-state index in [0.29, 0.717) is 10.6 Å². The van der Waals surface area contributed by atoms with Crippen molar-refractivity contribution in [2.45, 2.75) is 12.5 Å². The lowest BCUT2D eigenvalue weighted by Crippen LogP contribution is -2.31. The molecule has 3 N–H and O–H groups in total. The van der Waals surface area contributed by atoms with Gasteiger partial charge >= 0.3 is 5.97 Å². The van der Waals surface area contributed by atoms with Crippen LogP contribution in [0.1, 0.15) is 23.6 Å². The number of methoxy groups -OCH3 is 1. The SMILES string of the molecule is COc1cc(C2C(=C(O)c3ccc(Cl)cc3)C(=O)C(=O)N2CCC(=O)O)ccc1O. The van der Waals surface area contributed by atoms with Crippen molar-refractivity contribution in [3.05, 3.63) is 64.2 Å². The Labute approximate surface area is 176 Å². The summed E-state index contributed by atoms with van der Waals surface area (Å²) in [6.07, 6.45) is -0.389. The van der Waals surface area contributed by atoms with Crippen molar-refractivity contribution in [3.8, 4) is 11.5 Å². The summed E-state index contributed by atoms with van der Waals surface area (Å²) < 4.78 is 5.10. The van der Waals surface area contributed by atoms with Crippen LogP contribution in [0.2, 0.25) is 5.02 Å². The number of amides is 1. The van der Waals surface area contributed by atoms with Gasteiger partial charge in [-0.2, -0.15) is 0 Å². The van der Waals surface area contributed by atoms with Gasteiger partial charge in [-0.25, -0.2) is 0 Å². The third-order valence-corrected chi connectivity index (χ3v) is 5.00. The number of aliphatic hydroxyl groups is 1. The average Bonchev–Trinajstić information content (AvgIpc) is 2.97. The van der Waals surface area contributed by atoms with Gasteiger partial charge in [-0.1, -0.05) is 17.7 Å². The molecule has 1 heterocycles. The molecule has 1 saturated heterocycles. The molecule has 2 aromatic carbocycles. The van der Waals surface area contributed by atoms with E-state index in [2.05, 4.69) is 0 Å². The van der Waals surface area contributed by atoms with Crippen LogP contribution in [0.5, 0.6) is 11.5 Å². The summed E-state index contributed by atoms with van der Waals surface area (Å²) in [6.45, 7) is -0.245. The summed E-state index contributed by atoms with van der Waals surface area (Å²) in [7, 11) is 1.34. The number of halogens is 1. The second-order valence-electron chi connectivity index (χ2n) is 6.57. The number of aliphatic carboxylic acids is 1. The summed E-state index contributed by atoms with van der Waals surface area (Å²) >= 11 is 5.87. The Morgan fingerprint density at radius 3 is 2.40 bits per heavy atom. The molecule has 0 radical (unpaired) electrons. The number of benzene rings is 2. The average molecular weight is 432 g/mol. The first-order valence-electron chi connectivity index (χ1n) is 8.87. The van der Waals surface area contributed by atoms with Crippen LogP contribution < -0.4 is 4.74 Å². The zero-order chi connectivity index (χ0) is 22.0. The Hall–Kier alpha value is -3.52. The highest BCUT2D eigenvalue weighted by atomic mass is 35.5. The van der Waals surface area contributed by atoms with Crippen molar-refractivity contribution in [1.82, 2.24) is 4.90 Å². The number of phenols is 1. The van der Waals surface area contributed by atoms with E-state index in [0.717, 1.165) is 4.90 Å². The van der Waals surface area contributed by atoms with E-state index in [4.69, 9.17) is 21.4 Å². The van der Waals surface area contributed by atoms with Crippen LogP contribution in [0.25, 0.3) is 5.76 Å². The fraction of sp³-hybridized carbons (Fsp3) is 0.190. The molecule has 1 amide bonds. The molecule has 0 aromatic heterocycles. The molecule has 2 aromatic rings. The molecule has 1 atom stereocenters. The summed E-state index contributed by atoms with van der Waals surface area (Å²) in [6, 6.07) is 9.20. The van der Waals surface area contributed by atoms with E-state index in [1.165, 1.54) is 49.6 Å². The van der Waals surface area contributed by atoms with Gasteiger partial charge in [-0.05, 0) is 42.0 Å². The first kappa shape index (κ1) is 21.2. The highest BCUT2D eigenvalue weighted by molar-refractivity contribution is 6.46. The summed E-state index contributed by atoms with van der Waals surface area (Å²) in [5.41, 5.74) is 0.441. The van der Waals surface area contributed by atoms with Gasteiger partial charge in [-0.15, -0.1) is 0 Å². The van der Waals surface area contributed by atoms with Crippen LogP contribution in [-0.2, 0) is 14.4 Å². The molecule has 1 aliphatic rings. The van der Waals surface area contributed by atoms with Crippen LogP contribution in [0.4, 0.5) is 0 Å². The summed E-state index contributed by atoms with van der Waals surface area (Å²) in [5, 5.41) is 30.2. The van der Waals surface area contributed by atoms with Crippen molar-refractivity contribution in [3.63, 3.8) is 0 Å². The fourth-order valence-corrected chi connectivity index (χ4v) is 3.43. The molecule has 1 fully saturated rings. The molecule has 9 heteroatoms. The minimum atomic E-state index is -1.14. The first-order chi connectivity index (χ1) is 14.2. The van der Waals surface area contributed by atoms with Crippen LogP contribution in [0.3, 0.4) is 0 Å². The molecule has 8 nitrogen and oxygen atoms in total. The van der Waals surface area contributed by atoms with Crippen molar-refractivity contribution in [2.24, 2.45) is 0 Å². The molecule has 1 unspecified atom stereocenters. The zero-order valence-corrected chi connectivity index (χ0v) is 16.6. The second kappa shape index (κ2) is 8.46. The Balaban J connectivity index is 2.18. The number of phenolic OH excluding ortho intramolecular Hbond substituents is 1. The summed E-state index contributed by atoms with van der Waals surface area (Å²) in [5.74, 6) is -3.48. The minimum absolute atomic E-state index is 0.0998. The lowest BCUT2D eigenvalue weighted by molar-refractivity contribution is -0.142. The number of likely N-dealkylation sites (tertiary alicyclic amines) is 1. The standard InChI is InChI=1S/C21H18ClNO7/c1-30-15-10-12(4-7-14(15)24)18-17(19(27)11-2-5-13(22)6-3-11)20(28)21(29)23(18)9-8-16(25)26/h2-7,10,18,24,27H,8-9H2,1H3,(H,25,26). The van der Waals surface area contributed by atoms with Crippen LogP contribution in [0, 0.1) is 0 Å². The van der Waals surface area contributed by atoms with E-state index in [-0.39, 0.29) is 35.6 Å². The molecule has 0 spiro atoms. The van der Waals surface area contributed by atoms with Crippen molar-refractivity contribution >= 4 is 35.0 Å². The number of hydrogen-bond acceptors (Lipinski definition) is 6. The van der Waals surface area contributed by atoms with Crippen LogP contribution in [0.15, 0.2) is 48.0 Å². The quantitative estimate of drug-likeness (QED) is 0.365. The third kappa shape index (κ3) is 3.95. The Bertz CT molecular complexity index is 1050. The number of hydrogen-bond donors (Lipinski definition) is 3. The number of ketones is 1. The van der Waals surface area contributed by atoms with E-state index in [1.807, 2.05) is 0 Å². The number of carbonyl (C=O) groups is 3. The monoisotopic (exact) mass is 431 g/mol. The number of carboxylic acid groups (broad SMARTS) is 1. The fourth-order valence-electron chi connectivity index (χ4n) is 3.30. The number of aliphatic hydroxyl groups excluding tert-OH is 1. The molecular formula is C21H18ClNO7. The Morgan fingerprint density at radius 2 is 1.80 bits per heavy atom. The van der Waals surface area contributed by atoms with Gasteiger partial charge in [0.05, 0.1) is 25.1 Å². The smallest absolute Gasteiger partial charge is 0.305 e. The molecule has 30 heavy (non-hydrogen) atoms. The normalized spacial score (nSPS) is 17.9. The molecule has 0 saturated carbocycles. The lowest BCUT2D eigenvalue weighted by Gasteiger charge is -2.25. The highest BCUT2D eigenvalue weighted by Gasteiger charge is 2.46. The maximum atomic E-state index is 12.8. The maximum Gasteiger partial charge on any atom is 0.305 e. The number of carboxylic acids is 1. The molecule has 0 bridgehead atoms. The topological polar surface area (TPSA) is 124 Å². The number of aromatic hydroxyl groups is 1. The predicted molar refractivity (Wildman–Crippen MR) is 107 cm³/mol. The van der Waals surface area contributed by atoms with Gasteiger partial charge in [-0.3, -0.25) is 14.4 Å². The van der Waals surface area contributed by atoms with Gasteiger partial charge in [0.1, 0.15) is 5.76 Å². The van der Waals surface area contributed by atoms with Crippen molar-refractivity contribution < 1.29 is 34.4 Å². The largest absolute Gasteiger partial charge is 0.507 e. The van der Waals surface area contributed by atoms with Gasteiger partial charge in [0.2, 0.25) is 0 Å². The minimum Gasteiger partial charge on any atom is -0.507 e. The third-order valence-electron chi connectivity index (χ3n) is 4.74. The van der Waals surface area contributed by atoms with E-state index in [1.54, 1.807) is 0 Å². The van der Waals surface area contributed by atoms with E-state index < -0.39 is 29.5 Å². The number of ether oxygens (including phenoxy) is 1. The highest BCUT2D eigenvalue weighted by Crippen LogP contribution is 2.41. The number of nitrogens with zero attached hydrogens (tertiary/aromatic N) is 1. The van der Waals surface area contributed by atoms with Crippen molar-refractivity contribution in [1.29, 1.82) is 0 Å². The maximum absolute atomic E-state index is 12.8. The van der Waals surface area contributed by atoms with E-state index in [9.17, 15) is 24.6 Å². The lowest BCUT2D eigenvalue weighted by atomic mass is 9.95. The summed E-state index contributed by atoms with van der Waals surface area (Å²) in [4.78, 5) is 37.6. The zero-order valence-electron chi connectivity index (χ0n) is 15.8. The molecule has 156 valence electrons. The van der Waals surface area contributed by atoms with Crippen LogP contribution in [-0.4, -0.2) is 51.5 Å². The number of carbonyl (C=O) groups excluding carboxylic acids is 2. The number of rotatable bonds is 6. The number of Topliss-reactive ketones (excluding diaryl/α,β-unsaturated/α-hetero) is 1. The second-order valence-corrected chi connectivity index (χ2v) is 7.01. The molecule has 3 rings (SSSR count). The Morgan fingerprint density at radius 1 is 1.13 bits per heavy atom.